The second kappa shape index (κ2) is 17.9. The lowest BCUT2D eigenvalue weighted by Crippen LogP contribution is -2.01. The summed E-state index contributed by atoms with van der Waals surface area (Å²) in [5, 5.41) is 0. The average Bonchev–Trinajstić information content (AvgIpc) is 2.87. The van der Waals surface area contributed by atoms with E-state index in [4.69, 9.17) is 9.47 Å². The van der Waals surface area contributed by atoms with Crippen LogP contribution in [-0.2, 0) is 0 Å². The van der Waals surface area contributed by atoms with Crippen LogP contribution in [0.2, 0.25) is 0 Å². The molecule has 0 radical (unpaired) electrons. The Balaban J connectivity index is 1.95. The van der Waals surface area contributed by atoms with E-state index in [1.165, 1.54) is 64.2 Å². The van der Waals surface area contributed by atoms with Crippen molar-refractivity contribution in [1.82, 2.24) is 0 Å². The Morgan fingerprint density at radius 3 is 1.79 bits per heavy atom. The second-order valence-electron chi connectivity index (χ2n) is 9.14. The highest BCUT2D eigenvalue weighted by Crippen LogP contribution is 2.27. The van der Waals surface area contributed by atoms with Crippen LogP contribution in [-0.4, -0.2) is 13.2 Å². The molecule has 2 rings (SSSR count). The van der Waals surface area contributed by atoms with Gasteiger partial charge in [0.2, 0.25) is 0 Å². The summed E-state index contributed by atoms with van der Waals surface area (Å²) in [7, 11) is 0. The van der Waals surface area contributed by atoms with Gasteiger partial charge in [0, 0.05) is 5.56 Å². The topological polar surface area (TPSA) is 18.5 Å². The SMILES string of the molecule is C=Cc1ccc(/C=C/c2cc(OCCCCCCCC)ccc2OCCCCCCCC)cc1. The van der Waals surface area contributed by atoms with Crippen LogP contribution < -0.4 is 9.47 Å². The molecule has 2 nitrogen and oxygen atoms in total. The number of hydrogen-bond acceptors (Lipinski definition) is 2. The summed E-state index contributed by atoms with van der Waals surface area (Å²) in [6.07, 6.45) is 21.4. The maximum atomic E-state index is 6.18. The van der Waals surface area contributed by atoms with E-state index in [0.717, 1.165) is 54.2 Å². The highest BCUT2D eigenvalue weighted by molar-refractivity contribution is 5.73. The van der Waals surface area contributed by atoms with Gasteiger partial charge in [-0.25, -0.2) is 0 Å². The third-order valence-electron chi connectivity index (χ3n) is 6.13. The summed E-state index contributed by atoms with van der Waals surface area (Å²) >= 11 is 0. The first-order valence-corrected chi connectivity index (χ1v) is 13.6. The lowest BCUT2D eigenvalue weighted by molar-refractivity contribution is 0.296. The third kappa shape index (κ3) is 11.6. The molecule has 0 saturated heterocycles. The Labute approximate surface area is 209 Å². The van der Waals surface area contributed by atoms with Gasteiger partial charge in [-0.3, -0.25) is 0 Å². The van der Waals surface area contributed by atoms with Crippen molar-refractivity contribution in [1.29, 1.82) is 0 Å². The van der Waals surface area contributed by atoms with Gasteiger partial charge in [0.1, 0.15) is 11.5 Å². The number of hydrogen-bond donors (Lipinski definition) is 0. The van der Waals surface area contributed by atoms with Crippen LogP contribution in [0.15, 0.2) is 49.0 Å². The summed E-state index contributed by atoms with van der Waals surface area (Å²) < 4.78 is 12.3. The van der Waals surface area contributed by atoms with Gasteiger partial charge >= 0.3 is 0 Å². The van der Waals surface area contributed by atoms with Gasteiger partial charge in [0.05, 0.1) is 13.2 Å². The first-order chi connectivity index (χ1) is 16.8. The van der Waals surface area contributed by atoms with E-state index in [-0.39, 0.29) is 0 Å². The van der Waals surface area contributed by atoms with Crippen LogP contribution in [0.4, 0.5) is 0 Å². The quantitative estimate of drug-likeness (QED) is 0.153. The molecule has 0 aliphatic heterocycles. The van der Waals surface area contributed by atoms with Crippen molar-refractivity contribution in [3.63, 3.8) is 0 Å². The van der Waals surface area contributed by atoms with Gasteiger partial charge in [-0.1, -0.05) is 127 Å². The second-order valence-corrected chi connectivity index (χ2v) is 9.14. The lowest BCUT2D eigenvalue weighted by Gasteiger charge is -2.12. The van der Waals surface area contributed by atoms with Crippen molar-refractivity contribution in [2.45, 2.75) is 90.9 Å². The first kappa shape index (κ1) is 27.8. The lowest BCUT2D eigenvalue weighted by atomic mass is 10.1. The monoisotopic (exact) mass is 462 g/mol. The summed E-state index contributed by atoms with van der Waals surface area (Å²) in [6.45, 7) is 9.88. The van der Waals surface area contributed by atoms with Gasteiger partial charge in [0.15, 0.2) is 0 Å². The van der Waals surface area contributed by atoms with E-state index >= 15 is 0 Å². The molecule has 2 aromatic rings. The van der Waals surface area contributed by atoms with Crippen LogP contribution in [0, 0.1) is 0 Å². The molecule has 2 heteroatoms. The fourth-order valence-corrected chi connectivity index (χ4v) is 3.94. The average molecular weight is 463 g/mol. The molecule has 2 aromatic carbocycles. The molecular weight excluding hydrogens is 416 g/mol. The zero-order valence-electron chi connectivity index (χ0n) is 21.7. The van der Waals surface area contributed by atoms with Gasteiger partial charge < -0.3 is 9.47 Å². The van der Waals surface area contributed by atoms with Crippen LogP contribution in [0.3, 0.4) is 0 Å². The molecule has 0 aliphatic carbocycles. The standard InChI is InChI=1S/C32H46O2/c1-4-7-9-11-13-15-25-33-31-23-24-32(34-26-16-14-12-10-8-5-2)30(27-31)22-21-29-19-17-28(6-3)18-20-29/h6,17-24,27H,3-5,7-16,25-26H2,1-2H3/b22-21+. The molecule has 0 aromatic heterocycles. The Kier molecular flexibility index (Phi) is 14.6. The highest BCUT2D eigenvalue weighted by Gasteiger charge is 2.05. The number of benzene rings is 2. The van der Waals surface area contributed by atoms with Gasteiger partial charge in [0.25, 0.3) is 0 Å². The fraction of sp³-hybridized carbons (Fsp3) is 0.500. The van der Waals surface area contributed by atoms with Gasteiger partial charge in [-0.15, -0.1) is 0 Å². The maximum Gasteiger partial charge on any atom is 0.126 e. The van der Waals surface area contributed by atoms with Crippen molar-refractivity contribution in [3.8, 4) is 11.5 Å². The van der Waals surface area contributed by atoms with Gasteiger partial charge in [-0.05, 0) is 42.2 Å². The number of rotatable bonds is 19. The molecule has 0 fully saturated rings. The smallest absolute Gasteiger partial charge is 0.126 e. The minimum atomic E-state index is 0.763. The van der Waals surface area contributed by atoms with E-state index in [2.05, 4.69) is 69.0 Å². The van der Waals surface area contributed by atoms with Gasteiger partial charge in [-0.2, -0.15) is 0 Å². The summed E-state index contributed by atoms with van der Waals surface area (Å²) in [6, 6.07) is 14.6. The molecule has 0 saturated carbocycles. The Bertz CT molecular complexity index is 819. The molecule has 186 valence electrons. The van der Waals surface area contributed by atoms with Crippen molar-refractivity contribution < 1.29 is 9.47 Å². The minimum Gasteiger partial charge on any atom is -0.494 e. The number of ether oxygens (including phenoxy) is 2. The van der Waals surface area contributed by atoms with Crippen molar-refractivity contribution in [2.75, 3.05) is 13.2 Å². The predicted octanol–water partition coefficient (Wildman–Crippen LogP) is 9.98. The van der Waals surface area contributed by atoms with E-state index < -0.39 is 0 Å². The summed E-state index contributed by atoms with van der Waals surface area (Å²) in [5.41, 5.74) is 3.36. The first-order valence-electron chi connectivity index (χ1n) is 13.6. The van der Waals surface area contributed by atoms with Crippen LogP contribution >= 0.6 is 0 Å². The summed E-state index contributed by atoms with van der Waals surface area (Å²) in [4.78, 5) is 0. The summed E-state index contributed by atoms with van der Waals surface area (Å²) in [5.74, 6) is 1.85. The third-order valence-corrected chi connectivity index (χ3v) is 6.13. The minimum absolute atomic E-state index is 0.763. The molecule has 0 atom stereocenters. The van der Waals surface area contributed by atoms with Crippen LogP contribution in [0.5, 0.6) is 11.5 Å². The maximum absolute atomic E-state index is 6.18. The highest BCUT2D eigenvalue weighted by atomic mass is 16.5. The van der Waals surface area contributed by atoms with E-state index in [1.54, 1.807) is 0 Å². The molecule has 0 N–H and O–H groups in total. The molecule has 34 heavy (non-hydrogen) atoms. The predicted molar refractivity (Wildman–Crippen MR) is 150 cm³/mol. The molecule has 0 amide bonds. The van der Waals surface area contributed by atoms with E-state index in [0.29, 0.717) is 0 Å². The number of unbranched alkanes of at least 4 members (excludes halogenated alkanes) is 10. The molecule has 0 heterocycles. The molecule has 0 aliphatic rings. The van der Waals surface area contributed by atoms with Crippen LogP contribution in [0.1, 0.15) is 108 Å². The van der Waals surface area contributed by atoms with Crippen molar-refractivity contribution in [2.24, 2.45) is 0 Å². The zero-order chi connectivity index (χ0) is 24.3. The van der Waals surface area contributed by atoms with E-state index in [1.807, 2.05) is 12.1 Å². The molecular formula is C32H46O2. The molecule has 0 bridgehead atoms. The zero-order valence-corrected chi connectivity index (χ0v) is 21.7. The molecule has 0 spiro atoms. The Hall–Kier alpha value is -2.48. The largest absolute Gasteiger partial charge is 0.494 e. The van der Waals surface area contributed by atoms with Crippen molar-refractivity contribution >= 4 is 18.2 Å². The van der Waals surface area contributed by atoms with Crippen molar-refractivity contribution in [3.05, 3.63) is 65.7 Å². The Morgan fingerprint density at radius 1 is 0.618 bits per heavy atom. The normalized spacial score (nSPS) is 11.1. The fourth-order valence-electron chi connectivity index (χ4n) is 3.94. The van der Waals surface area contributed by atoms with Crippen LogP contribution in [0.25, 0.3) is 18.2 Å². The Morgan fingerprint density at radius 2 is 1.18 bits per heavy atom. The molecule has 0 unspecified atom stereocenters. The van der Waals surface area contributed by atoms with E-state index in [9.17, 15) is 0 Å².